The highest BCUT2D eigenvalue weighted by Crippen LogP contribution is 2.22. The van der Waals surface area contributed by atoms with Gasteiger partial charge in [-0.15, -0.1) is 0 Å². The van der Waals surface area contributed by atoms with Crippen LogP contribution >= 0.6 is 0 Å². The molecule has 7 heteroatoms. The Balaban J connectivity index is 1.65. The predicted molar refractivity (Wildman–Crippen MR) is 98.5 cm³/mol. The molecule has 3 rings (SSSR count). The number of nitro benzene ring substituents is 1. The Hall–Kier alpha value is -3.74. The number of Topliss-reactive ketones (excluding diaryl/α,β-unsaturated/α-hetero) is 1. The zero-order chi connectivity index (χ0) is 18.5. The number of ketones is 1. The molecule has 3 aromatic rings. The second-order valence-corrected chi connectivity index (χ2v) is 5.51. The maximum atomic E-state index is 11.3. The van der Waals surface area contributed by atoms with Crippen LogP contribution in [-0.4, -0.2) is 16.9 Å². The molecule has 1 N–H and O–H groups in total. The number of carbonyl (C=O) groups is 1. The average Bonchev–Trinajstić information content (AvgIpc) is 3.11. The van der Waals surface area contributed by atoms with Crippen LogP contribution in [0.2, 0.25) is 0 Å². The molecule has 0 aliphatic heterocycles. The normalized spacial score (nSPS) is 10.8. The smallest absolute Gasteiger partial charge is 0.269 e. The van der Waals surface area contributed by atoms with Crippen LogP contribution in [0.25, 0.3) is 11.3 Å². The molecule has 0 unspecified atom stereocenters. The molecule has 1 heterocycles. The van der Waals surface area contributed by atoms with Gasteiger partial charge in [0.2, 0.25) is 0 Å². The van der Waals surface area contributed by atoms with Crippen LogP contribution in [0.5, 0.6) is 0 Å². The molecule has 2 aromatic carbocycles. The van der Waals surface area contributed by atoms with Gasteiger partial charge in [0.25, 0.3) is 5.69 Å². The number of anilines is 1. The first-order chi connectivity index (χ1) is 12.5. The SMILES string of the molecule is CC(=O)c1ccc(-c2ccc(C=NNc3ccc([N+](=O)[O-])cc3)o2)cc1. The molecule has 0 amide bonds. The number of hydrogen-bond acceptors (Lipinski definition) is 6. The minimum absolute atomic E-state index is 0.0149. The van der Waals surface area contributed by atoms with E-state index in [-0.39, 0.29) is 11.5 Å². The van der Waals surface area contributed by atoms with E-state index < -0.39 is 4.92 Å². The van der Waals surface area contributed by atoms with Crippen molar-refractivity contribution in [3.8, 4) is 11.3 Å². The third-order valence-corrected chi connectivity index (χ3v) is 3.67. The number of carbonyl (C=O) groups excluding carboxylic acids is 1. The Labute approximate surface area is 149 Å². The summed E-state index contributed by atoms with van der Waals surface area (Å²) in [5, 5.41) is 14.7. The van der Waals surface area contributed by atoms with Crippen LogP contribution in [0.1, 0.15) is 23.0 Å². The van der Waals surface area contributed by atoms with Crippen molar-refractivity contribution in [1.82, 2.24) is 0 Å². The second-order valence-electron chi connectivity index (χ2n) is 5.51. The lowest BCUT2D eigenvalue weighted by molar-refractivity contribution is -0.384. The van der Waals surface area contributed by atoms with Crippen LogP contribution in [0.4, 0.5) is 11.4 Å². The molecular weight excluding hydrogens is 334 g/mol. The first kappa shape index (κ1) is 17.1. The van der Waals surface area contributed by atoms with Gasteiger partial charge in [-0.25, -0.2) is 0 Å². The summed E-state index contributed by atoms with van der Waals surface area (Å²) < 4.78 is 5.70. The van der Waals surface area contributed by atoms with Gasteiger partial charge in [0, 0.05) is 23.3 Å². The van der Waals surface area contributed by atoms with E-state index in [1.807, 2.05) is 18.2 Å². The molecule has 7 nitrogen and oxygen atoms in total. The highest BCUT2D eigenvalue weighted by Gasteiger charge is 2.06. The lowest BCUT2D eigenvalue weighted by Crippen LogP contribution is -1.91. The number of non-ortho nitro benzene ring substituents is 1. The molecule has 0 fully saturated rings. The summed E-state index contributed by atoms with van der Waals surface area (Å²) in [5.74, 6) is 1.23. The van der Waals surface area contributed by atoms with Crippen LogP contribution in [0.15, 0.2) is 70.2 Å². The lowest BCUT2D eigenvalue weighted by atomic mass is 10.1. The number of nitro groups is 1. The Kier molecular flexibility index (Phi) is 4.89. The number of hydrogen-bond donors (Lipinski definition) is 1. The van der Waals surface area contributed by atoms with E-state index in [9.17, 15) is 14.9 Å². The third kappa shape index (κ3) is 4.02. The van der Waals surface area contributed by atoms with E-state index in [1.54, 1.807) is 30.3 Å². The molecule has 0 aliphatic carbocycles. The van der Waals surface area contributed by atoms with Crippen molar-refractivity contribution < 1.29 is 14.1 Å². The summed E-state index contributed by atoms with van der Waals surface area (Å²) in [5.41, 5.74) is 4.93. The number of benzene rings is 2. The zero-order valence-electron chi connectivity index (χ0n) is 13.9. The predicted octanol–water partition coefficient (Wildman–Crippen LogP) is 4.50. The van der Waals surface area contributed by atoms with E-state index in [0.717, 1.165) is 5.56 Å². The second kappa shape index (κ2) is 7.43. The zero-order valence-corrected chi connectivity index (χ0v) is 13.9. The third-order valence-electron chi connectivity index (χ3n) is 3.67. The summed E-state index contributed by atoms with van der Waals surface area (Å²) in [6, 6.07) is 16.7. The summed E-state index contributed by atoms with van der Waals surface area (Å²) in [4.78, 5) is 21.5. The number of furan rings is 1. The minimum atomic E-state index is -0.458. The lowest BCUT2D eigenvalue weighted by Gasteiger charge is -1.99. The largest absolute Gasteiger partial charge is 0.455 e. The number of rotatable bonds is 6. The van der Waals surface area contributed by atoms with Crippen LogP contribution in [-0.2, 0) is 0 Å². The molecule has 0 saturated heterocycles. The maximum absolute atomic E-state index is 11.3. The van der Waals surface area contributed by atoms with Gasteiger partial charge in [0.15, 0.2) is 5.78 Å². The Bertz CT molecular complexity index is 957. The van der Waals surface area contributed by atoms with E-state index >= 15 is 0 Å². The molecule has 1 aromatic heterocycles. The van der Waals surface area contributed by atoms with Crippen molar-refractivity contribution in [3.63, 3.8) is 0 Å². The number of nitrogens with one attached hydrogen (secondary N) is 1. The van der Waals surface area contributed by atoms with E-state index in [0.29, 0.717) is 22.8 Å². The van der Waals surface area contributed by atoms with Crippen molar-refractivity contribution in [2.45, 2.75) is 6.92 Å². The van der Waals surface area contributed by atoms with E-state index in [2.05, 4.69) is 10.5 Å². The van der Waals surface area contributed by atoms with Crippen molar-refractivity contribution in [1.29, 1.82) is 0 Å². The molecule has 0 bridgehead atoms. The fourth-order valence-corrected chi connectivity index (χ4v) is 2.27. The molecule has 130 valence electrons. The fourth-order valence-electron chi connectivity index (χ4n) is 2.27. The van der Waals surface area contributed by atoms with Gasteiger partial charge in [-0.1, -0.05) is 24.3 Å². The standard InChI is InChI=1S/C19H15N3O4/c1-13(23)14-2-4-15(5-3-14)19-11-10-18(26-19)12-20-21-16-6-8-17(9-7-16)22(24)25/h2-12,21H,1H3. The van der Waals surface area contributed by atoms with Gasteiger partial charge in [0.1, 0.15) is 11.5 Å². The van der Waals surface area contributed by atoms with Crippen molar-refractivity contribution in [3.05, 3.63) is 82.1 Å². The topological polar surface area (TPSA) is 97.7 Å². The molecular formula is C19H15N3O4. The first-order valence-electron chi connectivity index (χ1n) is 7.78. The summed E-state index contributed by atoms with van der Waals surface area (Å²) in [6.07, 6.45) is 1.51. The first-order valence-corrected chi connectivity index (χ1v) is 7.78. The summed E-state index contributed by atoms with van der Waals surface area (Å²) in [6.45, 7) is 1.52. The Morgan fingerprint density at radius 1 is 1.08 bits per heavy atom. The molecule has 0 saturated carbocycles. The Morgan fingerprint density at radius 2 is 1.77 bits per heavy atom. The highest BCUT2D eigenvalue weighted by molar-refractivity contribution is 5.94. The molecule has 0 atom stereocenters. The number of hydrazone groups is 1. The van der Waals surface area contributed by atoms with Crippen molar-refractivity contribution in [2.24, 2.45) is 5.10 Å². The van der Waals surface area contributed by atoms with Gasteiger partial charge in [-0.2, -0.15) is 5.10 Å². The van der Waals surface area contributed by atoms with Crippen molar-refractivity contribution >= 4 is 23.4 Å². The van der Waals surface area contributed by atoms with Crippen molar-refractivity contribution in [2.75, 3.05) is 5.43 Å². The average molecular weight is 349 g/mol. The molecule has 0 radical (unpaired) electrons. The Morgan fingerprint density at radius 3 is 2.38 bits per heavy atom. The van der Waals surface area contributed by atoms with Gasteiger partial charge < -0.3 is 4.42 Å². The van der Waals surface area contributed by atoms with Crippen LogP contribution in [0, 0.1) is 10.1 Å². The maximum Gasteiger partial charge on any atom is 0.269 e. The quantitative estimate of drug-likeness (QED) is 0.306. The van der Waals surface area contributed by atoms with E-state index in [4.69, 9.17) is 4.42 Å². The van der Waals surface area contributed by atoms with Crippen LogP contribution < -0.4 is 5.43 Å². The fraction of sp³-hybridized carbons (Fsp3) is 0.0526. The monoisotopic (exact) mass is 349 g/mol. The van der Waals surface area contributed by atoms with Gasteiger partial charge >= 0.3 is 0 Å². The van der Waals surface area contributed by atoms with Gasteiger partial charge in [-0.05, 0) is 31.2 Å². The highest BCUT2D eigenvalue weighted by atomic mass is 16.6. The van der Waals surface area contributed by atoms with E-state index in [1.165, 1.54) is 25.3 Å². The minimum Gasteiger partial charge on any atom is -0.455 e. The summed E-state index contributed by atoms with van der Waals surface area (Å²) >= 11 is 0. The van der Waals surface area contributed by atoms with Gasteiger partial charge in [0.05, 0.1) is 16.8 Å². The molecule has 0 spiro atoms. The molecule has 26 heavy (non-hydrogen) atoms. The van der Waals surface area contributed by atoms with Crippen LogP contribution in [0.3, 0.4) is 0 Å². The summed E-state index contributed by atoms with van der Waals surface area (Å²) in [7, 11) is 0. The van der Waals surface area contributed by atoms with Gasteiger partial charge in [-0.3, -0.25) is 20.3 Å². The number of nitrogens with zero attached hydrogens (tertiary/aromatic N) is 2. The molecule has 0 aliphatic rings.